The van der Waals surface area contributed by atoms with E-state index in [0.29, 0.717) is 0 Å². The molecular formula is C14H11BrN2O. The van der Waals surface area contributed by atoms with Crippen molar-refractivity contribution < 1.29 is 4.74 Å². The van der Waals surface area contributed by atoms with Crippen molar-refractivity contribution in [1.29, 1.82) is 0 Å². The summed E-state index contributed by atoms with van der Waals surface area (Å²) in [4.78, 5) is 0. The second-order valence-electron chi connectivity index (χ2n) is 3.90. The van der Waals surface area contributed by atoms with Crippen molar-refractivity contribution >= 4 is 26.7 Å². The summed E-state index contributed by atoms with van der Waals surface area (Å²) in [6.45, 7) is 0. The van der Waals surface area contributed by atoms with E-state index in [-0.39, 0.29) is 0 Å². The van der Waals surface area contributed by atoms with Crippen LogP contribution in [0.4, 0.5) is 0 Å². The Morgan fingerprint density at radius 3 is 2.72 bits per heavy atom. The summed E-state index contributed by atoms with van der Waals surface area (Å²) >= 11 is 3.50. The lowest BCUT2D eigenvalue weighted by molar-refractivity contribution is 0.417. The zero-order chi connectivity index (χ0) is 12.5. The fraction of sp³-hybridized carbons (Fsp3) is 0.0714. The normalized spacial score (nSPS) is 10.8. The van der Waals surface area contributed by atoms with E-state index < -0.39 is 0 Å². The van der Waals surface area contributed by atoms with Crippen LogP contribution in [0.5, 0.6) is 5.75 Å². The average molecular weight is 303 g/mol. The van der Waals surface area contributed by atoms with Gasteiger partial charge in [-0.1, -0.05) is 18.2 Å². The molecule has 0 aliphatic rings. The van der Waals surface area contributed by atoms with Gasteiger partial charge < -0.3 is 4.74 Å². The van der Waals surface area contributed by atoms with Crippen LogP contribution in [-0.2, 0) is 0 Å². The zero-order valence-electron chi connectivity index (χ0n) is 9.80. The van der Waals surface area contributed by atoms with Crippen LogP contribution >= 0.6 is 15.9 Å². The monoisotopic (exact) mass is 302 g/mol. The number of hydrogen-bond acceptors (Lipinski definition) is 2. The molecule has 0 fully saturated rings. The smallest absolute Gasteiger partial charge is 0.140 e. The van der Waals surface area contributed by atoms with E-state index in [1.165, 1.54) is 0 Å². The Balaban J connectivity index is 2.36. The van der Waals surface area contributed by atoms with Gasteiger partial charge in [0, 0.05) is 23.2 Å². The van der Waals surface area contributed by atoms with E-state index in [9.17, 15) is 0 Å². The molecule has 0 unspecified atom stereocenters. The molecule has 0 radical (unpaired) electrons. The average Bonchev–Trinajstić information content (AvgIpc) is 2.91. The molecule has 0 aliphatic heterocycles. The number of halogens is 1. The van der Waals surface area contributed by atoms with Crippen LogP contribution < -0.4 is 4.74 Å². The van der Waals surface area contributed by atoms with Crippen LogP contribution in [0.25, 0.3) is 16.5 Å². The second-order valence-corrected chi connectivity index (χ2v) is 4.76. The van der Waals surface area contributed by atoms with E-state index in [4.69, 9.17) is 4.74 Å². The molecule has 0 N–H and O–H groups in total. The predicted molar refractivity (Wildman–Crippen MR) is 75.3 cm³/mol. The molecule has 0 bridgehead atoms. The molecule has 3 nitrogen and oxygen atoms in total. The van der Waals surface area contributed by atoms with Crippen LogP contribution in [0.1, 0.15) is 0 Å². The first-order valence-corrected chi connectivity index (χ1v) is 6.36. The number of nitrogens with zero attached hydrogens (tertiary/aromatic N) is 2. The van der Waals surface area contributed by atoms with E-state index >= 15 is 0 Å². The Bertz CT molecular complexity index is 692. The Kier molecular flexibility index (Phi) is 2.80. The molecule has 0 aliphatic carbocycles. The van der Waals surface area contributed by atoms with Crippen LogP contribution in [0, 0.1) is 0 Å². The Morgan fingerprint density at radius 2 is 2.00 bits per heavy atom. The number of benzene rings is 2. The number of aromatic nitrogens is 2. The first-order valence-electron chi connectivity index (χ1n) is 5.56. The summed E-state index contributed by atoms with van der Waals surface area (Å²) in [5, 5.41) is 6.46. The van der Waals surface area contributed by atoms with Crippen LogP contribution in [0.2, 0.25) is 0 Å². The highest BCUT2D eigenvalue weighted by atomic mass is 79.9. The lowest BCUT2D eigenvalue weighted by Crippen LogP contribution is -1.96. The lowest BCUT2D eigenvalue weighted by Gasteiger charge is -2.11. The van der Waals surface area contributed by atoms with Crippen molar-refractivity contribution in [1.82, 2.24) is 9.78 Å². The van der Waals surface area contributed by atoms with E-state index in [2.05, 4.69) is 27.1 Å². The van der Waals surface area contributed by atoms with Gasteiger partial charge in [0.15, 0.2) is 0 Å². The van der Waals surface area contributed by atoms with Gasteiger partial charge in [0.25, 0.3) is 0 Å². The Morgan fingerprint density at radius 1 is 1.11 bits per heavy atom. The van der Waals surface area contributed by atoms with Gasteiger partial charge >= 0.3 is 0 Å². The van der Waals surface area contributed by atoms with Gasteiger partial charge in [0.2, 0.25) is 0 Å². The second kappa shape index (κ2) is 4.46. The molecule has 0 saturated carbocycles. The van der Waals surface area contributed by atoms with Gasteiger partial charge in [-0.3, -0.25) is 0 Å². The maximum atomic E-state index is 5.45. The molecule has 0 atom stereocenters. The van der Waals surface area contributed by atoms with Crippen LogP contribution in [-0.4, -0.2) is 16.9 Å². The fourth-order valence-corrected chi connectivity index (χ4v) is 2.61. The quantitative estimate of drug-likeness (QED) is 0.720. The highest BCUT2D eigenvalue weighted by molar-refractivity contribution is 9.10. The fourth-order valence-electron chi connectivity index (χ4n) is 2.11. The van der Waals surface area contributed by atoms with Gasteiger partial charge in [-0.2, -0.15) is 5.10 Å². The number of hydrogen-bond donors (Lipinski definition) is 0. The third-order valence-corrected chi connectivity index (χ3v) is 3.52. The molecule has 0 spiro atoms. The first-order chi connectivity index (χ1) is 8.81. The van der Waals surface area contributed by atoms with Crippen molar-refractivity contribution in [3.8, 4) is 11.4 Å². The topological polar surface area (TPSA) is 27.1 Å². The number of fused-ring (bicyclic) bond motifs is 1. The maximum absolute atomic E-state index is 5.45. The maximum Gasteiger partial charge on any atom is 0.140 e. The minimum atomic E-state index is 0.849. The third-order valence-electron chi connectivity index (χ3n) is 2.90. The predicted octanol–water partition coefficient (Wildman–Crippen LogP) is 3.80. The molecule has 2 aromatic carbocycles. The summed E-state index contributed by atoms with van der Waals surface area (Å²) in [5.41, 5.74) is 1.04. The van der Waals surface area contributed by atoms with Gasteiger partial charge in [0.1, 0.15) is 5.75 Å². The summed E-state index contributed by atoms with van der Waals surface area (Å²) in [6.07, 6.45) is 3.71. The summed E-state index contributed by atoms with van der Waals surface area (Å²) in [5.74, 6) is 0.849. The van der Waals surface area contributed by atoms with E-state index in [0.717, 1.165) is 26.7 Å². The van der Waals surface area contributed by atoms with Gasteiger partial charge in [-0.15, -0.1) is 0 Å². The van der Waals surface area contributed by atoms with Crippen molar-refractivity contribution in [2.24, 2.45) is 0 Å². The van der Waals surface area contributed by atoms with Crippen molar-refractivity contribution in [2.75, 3.05) is 7.11 Å². The van der Waals surface area contributed by atoms with Crippen molar-refractivity contribution in [3.63, 3.8) is 0 Å². The Hall–Kier alpha value is -1.81. The largest absolute Gasteiger partial charge is 0.495 e. The molecular weight excluding hydrogens is 292 g/mol. The SMILES string of the molecule is COc1c(Br)ccc2c(-n3cccn3)cccc12. The summed E-state index contributed by atoms with van der Waals surface area (Å²) in [6, 6.07) is 12.1. The molecule has 90 valence electrons. The molecule has 3 rings (SSSR count). The molecule has 0 saturated heterocycles. The van der Waals surface area contributed by atoms with Gasteiger partial charge in [0.05, 0.1) is 17.3 Å². The molecule has 4 heteroatoms. The standard InChI is InChI=1S/C14H11BrN2O/c1-18-14-11-4-2-5-13(17-9-3-8-16-17)10(11)6-7-12(14)15/h2-9H,1H3. The summed E-state index contributed by atoms with van der Waals surface area (Å²) in [7, 11) is 1.68. The molecule has 1 aromatic heterocycles. The molecule has 1 heterocycles. The van der Waals surface area contributed by atoms with E-state index in [1.807, 2.05) is 41.2 Å². The zero-order valence-corrected chi connectivity index (χ0v) is 11.4. The number of ether oxygens (including phenoxy) is 1. The van der Waals surface area contributed by atoms with Crippen molar-refractivity contribution in [3.05, 3.63) is 53.3 Å². The first kappa shape index (κ1) is 11.3. The van der Waals surface area contributed by atoms with Gasteiger partial charge in [-0.25, -0.2) is 4.68 Å². The third kappa shape index (κ3) is 1.69. The molecule has 18 heavy (non-hydrogen) atoms. The summed E-state index contributed by atoms with van der Waals surface area (Å²) < 4.78 is 8.26. The Labute approximate surface area is 113 Å². The van der Waals surface area contributed by atoms with E-state index in [1.54, 1.807) is 13.3 Å². The highest BCUT2D eigenvalue weighted by Crippen LogP contribution is 2.35. The highest BCUT2D eigenvalue weighted by Gasteiger charge is 2.09. The molecule has 0 amide bonds. The minimum Gasteiger partial charge on any atom is -0.495 e. The van der Waals surface area contributed by atoms with Gasteiger partial charge in [-0.05, 0) is 34.1 Å². The molecule has 3 aromatic rings. The van der Waals surface area contributed by atoms with Crippen LogP contribution in [0.3, 0.4) is 0 Å². The number of rotatable bonds is 2. The lowest BCUT2D eigenvalue weighted by atomic mass is 10.1. The van der Waals surface area contributed by atoms with Crippen LogP contribution in [0.15, 0.2) is 53.3 Å². The minimum absolute atomic E-state index is 0.849. The van der Waals surface area contributed by atoms with Crippen molar-refractivity contribution in [2.45, 2.75) is 0 Å². The number of methoxy groups -OCH3 is 1.